The van der Waals surface area contributed by atoms with Gasteiger partial charge in [-0.1, -0.05) is 26.0 Å². The monoisotopic (exact) mass is 359 g/mol. The first-order valence-corrected chi connectivity index (χ1v) is 10.3. The molecule has 2 aromatic rings. The molecule has 0 saturated heterocycles. The summed E-state index contributed by atoms with van der Waals surface area (Å²) in [4.78, 5) is 12.8. The van der Waals surface area contributed by atoms with Crippen molar-refractivity contribution in [2.24, 2.45) is 5.41 Å². The molecular formula is C20H25NO3S. The Hall–Kier alpha value is -1.88. The van der Waals surface area contributed by atoms with Crippen LogP contribution in [0.5, 0.6) is 0 Å². The topological polar surface area (TPSA) is 59.3 Å². The van der Waals surface area contributed by atoms with Crippen LogP contribution in [0.3, 0.4) is 0 Å². The van der Waals surface area contributed by atoms with E-state index in [1.807, 2.05) is 31.2 Å². The smallest absolute Gasteiger partial charge is 0.251 e. The molecule has 1 N–H and O–H groups in total. The van der Waals surface area contributed by atoms with E-state index in [-0.39, 0.29) is 17.4 Å². The van der Waals surface area contributed by atoms with E-state index in [1.54, 1.807) is 12.3 Å². The van der Waals surface area contributed by atoms with Crippen LogP contribution >= 0.6 is 0 Å². The van der Waals surface area contributed by atoms with Gasteiger partial charge in [0.1, 0.15) is 11.5 Å². The SMILES string of the molecule is Cc1cc2c(o1)CC(C)(C)CC2NC(=O)c1cccc(CS(C)=O)c1. The summed E-state index contributed by atoms with van der Waals surface area (Å²) in [6, 6.07) is 9.35. The number of fused-ring (bicyclic) bond motifs is 1. The molecule has 1 aromatic carbocycles. The van der Waals surface area contributed by atoms with Gasteiger partial charge in [-0.25, -0.2) is 0 Å². The molecule has 0 radical (unpaired) electrons. The first-order chi connectivity index (χ1) is 11.7. The molecule has 5 heteroatoms. The number of aryl methyl sites for hydroxylation is 1. The second-order valence-corrected chi connectivity index (χ2v) is 9.16. The van der Waals surface area contributed by atoms with E-state index in [9.17, 15) is 9.00 Å². The molecule has 1 amide bonds. The van der Waals surface area contributed by atoms with Crippen molar-refractivity contribution in [3.05, 3.63) is 58.5 Å². The molecule has 4 nitrogen and oxygen atoms in total. The summed E-state index contributed by atoms with van der Waals surface area (Å²) in [6.45, 7) is 6.34. The summed E-state index contributed by atoms with van der Waals surface area (Å²) in [5.74, 6) is 2.22. The van der Waals surface area contributed by atoms with Crippen LogP contribution in [-0.4, -0.2) is 16.4 Å². The molecule has 2 atom stereocenters. The van der Waals surface area contributed by atoms with E-state index in [1.165, 1.54) is 0 Å². The summed E-state index contributed by atoms with van der Waals surface area (Å²) >= 11 is 0. The zero-order valence-electron chi connectivity index (χ0n) is 15.2. The zero-order valence-corrected chi connectivity index (χ0v) is 16.0. The van der Waals surface area contributed by atoms with E-state index >= 15 is 0 Å². The molecule has 0 fully saturated rings. The number of hydrogen-bond donors (Lipinski definition) is 1. The molecular weight excluding hydrogens is 334 g/mol. The lowest BCUT2D eigenvalue weighted by Gasteiger charge is -2.34. The number of nitrogens with one attached hydrogen (secondary N) is 1. The second kappa shape index (κ2) is 6.79. The predicted molar refractivity (Wildman–Crippen MR) is 100.0 cm³/mol. The molecule has 0 bridgehead atoms. The number of carbonyl (C=O) groups excluding carboxylic acids is 1. The van der Waals surface area contributed by atoms with Gasteiger partial charge in [0.2, 0.25) is 0 Å². The molecule has 1 aliphatic rings. The normalized spacial score (nSPS) is 19.9. The maximum absolute atomic E-state index is 12.8. The Morgan fingerprint density at radius 3 is 2.84 bits per heavy atom. The molecule has 0 spiro atoms. The molecule has 0 saturated carbocycles. The molecule has 0 aliphatic heterocycles. The van der Waals surface area contributed by atoms with Crippen molar-refractivity contribution < 1.29 is 13.4 Å². The van der Waals surface area contributed by atoms with E-state index < -0.39 is 10.8 Å². The Kier molecular flexibility index (Phi) is 4.87. The summed E-state index contributed by atoms with van der Waals surface area (Å²) < 4.78 is 17.3. The summed E-state index contributed by atoms with van der Waals surface area (Å²) in [5.41, 5.74) is 2.69. The molecule has 1 aromatic heterocycles. The van der Waals surface area contributed by atoms with Gasteiger partial charge < -0.3 is 9.73 Å². The van der Waals surface area contributed by atoms with Crippen molar-refractivity contribution in [2.45, 2.75) is 45.4 Å². The van der Waals surface area contributed by atoms with E-state index in [2.05, 4.69) is 19.2 Å². The van der Waals surface area contributed by atoms with Crippen molar-refractivity contribution in [1.29, 1.82) is 0 Å². The third-order valence-electron chi connectivity index (χ3n) is 4.60. The van der Waals surface area contributed by atoms with Crippen LogP contribution in [-0.2, 0) is 23.0 Å². The molecule has 134 valence electrons. The molecule has 1 aliphatic carbocycles. The van der Waals surface area contributed by atoms with Crippen LogP contribution in [0, 0.1) is 12.3 Å². The fraction of sp³-hybridized carbons (Fsp3) is 0.450. The van der Waals surface area contributed by atoms with Crippen LogP contribution in [0.1, 0.15) is 59.3 Å². The lowest BCUT2D eigenvalue weighted by atomic mass is 9.74. The van der Waals surface area contributed by atoms with Gasteiger partial charge in [-0.2, -0.15) is 0 Å². The van der Waals surface area contributed by atoms with Crippen LogP contribution < -0.4 is 5.32 Å². The highest BCUT2D eigenvalue weighted by molar-refractivity contribution is 7.83. The Balaban J connectivity index is 1.82. The number of hydrogen-bond acceptors (Lipinski definition) is 3. The van der Waals surface area contributed by atoms with Gasteiger partial charge in [-0.15, -0.1) is 0 Å². The van der Waals surface area contributed by atoms with Crippen LogP contribution in [0.25, 0.3) is 0 Å². The minimum absolute atomic E-state index is 0.0485. The highest BCUT2D eigenvalue weighted by atomic mass is 32.2. The lowest BCUT2D eigenvalue weighted by molar-refractivity contribution is 0.0917. The molecule has 3 rings (SSSR count). The standard InChI is InChI=1S/C20H25NO3S/c1-13-8-16-17(10-20(2,3)11-18(16)24-13)21-19(22)15-7-5-6-14(9-15)12-25(4)23/h5-9,17H,10-12H2,1-4H3,(H,21,22). The largest absolute Gasteiger partial charge is 0.466 e. The summed E-state index contributed by atoms with van der Waals surface area (Å²) in [7, 11) is -0.926. The van der Waals surface area contributed by atoms with Crippen molar-refractivity contribution in [3.63, 3.8) is 0 Å². The number of furan rings is 1. The Bertz CT molecular complexity index is 822. The van der Waals surface area contributed by atoms with Crippen LogP contribution in [0.15, 0.2) is 34.7 Å². The van der Waals surface area contributed by atoms with Gasteiger partial charge in [-0.3, -0.25) is 9.00 Å². The third-order valence-corrected chi connectivity index (χ3v) is 5.34. The predicted octanol–water partition coefficient (Wildman–Crippen LogP) is 3.91. The molecule has 25 heavy (non-hydrogen) atoms. The minimum atomic E-state index is -0.926. The Morgan fingerprint density at radius 2 is 2.12 bits per heavy atom. The highest BCUT2D eigenvalue weighted by Gasteiger charge is 2.35. The fourth-order valence-electron chi connectivity index (χ4n) is 3.59. The second-order valence-electron chi connectivity index (χ2n) is 7.72. The van der Waals surface area contributed by atoms with Crippen molar-refractivity contribution in [1.82, 2.24) is 5.32 Å². The van der Waals surface area contributed by atoms with Gasteiger partial charge in [-0.05, 0) is 42.5 Å². The van der Waals surface area contributed by atoms with Gasteiger partial charge in [0.15, 0.2) is 0 Å². The molecule has 1 heterocycles. The van der Waals surface area contributed by atoms with E-state index in [0.717, 1.165) is 35.5 Å². The van der Waals surface area contributed by atoms with Crippen molar-refractivity contribution >= 4 is 16.7 Å². The van der Waals surface area contributed by atoms with Crippen molar-refractivity contribution in [2.75, 3.05) is 6.26 Å². The lowest BCUT2D eigenvalue weighted by Crippen LogP contribution is -2.36. The van der Waals surface area contributed by atoms with Gasteiger partial charge in [0, 0.05) is 40.4 Å². The maximum Gasteiger partial charge on any atom is 0.251 e. The van der Waals surface area contributed by atoms with Crippen molar-refractivity contribution in [3.8, 4) is 0 Å². The average Bonchev–Trinajstić information content (AvgIpc) is 2.85. The maximum atomic E-state index is 12.8. The third kappa shape index (κ3) is 4.21. The zero-order chi connectivity index (χ0) is 18.2. The summed E-state index contributed by atoms with van der Waals surface area (Å²) in [6.07, 6.45) is 3.43. The quantitative estimate of drug-likeness (QED) is 0.900. The Morgan fingerprint density at radius 1 is 1.36 bits per heavy atom. The first kappa shape index (κ1) is 17.9. The van der Waals surface area contributed by atoms with Gasteiger partial charge in [0.25, 0.3) is 5.91 Å². The first-order valence-electron chi connectivity index (χ1n) is 8.52. The van der Waals surface area contributed by atoms with Crippen LogP contribution in [0.4, 0.5) is 0 Å². The number of benzene rings is 1. The van der Waals surface area contributed by atoms with Gasteiger partial charge >= 0.3 is 0 Å². The number of rotatable bonds is 4. The fourth-order valence-corrected chi connectivity index (χ4v) is 4.24. The summed E-state index contributed by atoms with van der Waals surface area (Å²) in [5, 5.41) is 3.17. The molecule has 2 unspecified atom stereocenters. The number of amides is 1. The Labute approximate surface area is 151 Å². The number of carbonyl (C=O) groups is 1. The van der Waals surface area contributed by atoms with E-state index in [0.29, 0.717) is 11.3 Å². The van der Waals surface area contributed by atoms with Gasteiger partial charge in [0.05, 0.1) is 6.04 Å². The minimum Gasteiger partial charge on any atom is -0.466 e. The van der Waals surface area contributed by atoms with E-state index in [4.69, 9.17) is 4.42 Å². The average molecular weight is 359 g/mol. The van der Waals surface area contributed by atoms with Crippen LogP contribution in [0.2, 0.25) is 0 Å². The highest BCUT2D eigenvalue weighted by Crippen LogP contribution is 2.42.